The number of hydrogen-bond acceptors (Lipinski definition) is 3. The minimum absolute atomic E-state index is 0.178. The molecule has 0 aliphatic carbocycles. The van der Waals surface area contributed by atoms with Gasteiger partial charge in [0.15, 0.2) is 0 Å². The lowest BCUT2D eigenvalue weighted by atomic mass is 10.2. The van der Waals surface area contributed by atoms with E-state index in [4.69, 9.17) is 10.2 Å². The molecule has 3 N–H and O–H groups in total. The highest BCUT2D eigenvalue weighted by Gasteiger charge is 2.37. The Bertz CT molecular complexity index is 187. The number of alkyl halides is 2. The first-order chi connectivity index (χ1) is 6.40. The van der Waals surface area contributed by atoms with Crippen LogP contribution in [0.25, 0.3) is 0 Å². The lowest BCUT2D eigenvalue weighted by Gasteiger charge is -2.13. The molecule has 0 rings (SSSR count). The Morgan fingerprint density at radius 3 is 2.57 bits per heavy atom. The Hall–Kier alpha value is -0.750. The van der Waals surface area contributed by atoms with Gasteiger partial charge in [-0.25, -0.2) is 4.79 Å². The van der Waals surface area contributed by atoms with E-state index in [1.165, 1.54) is 0 Å². The lowest BCUT2D eigenvalue weighted by Crippen LogP contribution is -2.40. The van der Waals surface area contributed by atoms with Crippen LogP contribution in [0.2, 0.25) is 0 Å². The van der Waals surface area contributed by atoms with Crippen molar-refractivity contribution in [3.8, 4) is 0 Å². The average molecular weight is 211 g/mol. The summed E-state index contributed by atoms with van der Waals surface area (Å²) in [5.41, 5.74) is 0. The van der Waals surface area contributed by atoms with Crippen molar-refractivity contribution in [3.63, 3.8) is 0 Å². The van der Waals surface area contributed by atoms with Crippen molar-refractivity contribution in [1.29, 1.82) is 0 Å². The summed E-state index contributed by atoms with van der Waals surface area (Å²) in [5.74, 6) is -5.88. The Kier molecular flexibility index (Phi) is 5.56. The molecular weight excluding hydrogens is 196 g/mol. The molecule has 84 valence electrons. The quantitative estimate of drug-likeness (QED) is 0.535. The summed E-state index contributed by atoms with van der Waals surface area (Å²) in [7, 11) is 0. The summed E-state index contributed by atoms with van der Waals surface area (Å²) in [6.45, 7) is 1.05. The van der Waals surface area contributed by atoms with Crippen LogP contribution < -0.4 is 5.32 Å². The molecule has 0 spiro atoms. The van der Waals surface area contributed by atoms with Crippen LogP contribution in [0.4, 0.5) is 8.78 Å². The van der Waals surface area contributed by atoms with E-state index in [9.17, 15) is 13.6 Å². The Labute approximate surface area is 80.9 Å². The standard InChI is InChI=1S/C8H15F2NO3/c1-2-6(12)3-4-11-5-8(9,10)7(13)14/h6,11-12H,2-5H2,1H3,(H,13,14). The van der Waals surface area contributed by atoms with Crippen LogP contribution in [-0.4, -0.2) is 41.3 Å². The van der Waals surface area contributed by atoms with Gasteiger partial charge in [0.1, 0.15) is 0 Å². The maximum Gasteiger partial charge on any atom is 0.375 e. The van der Waals surface area contributed by atoms with Gasteiger partial charge in [-0.1, -0.05) is 6.92 Å². The van der Waals surface area contributed by atoms with Gasteiger partial charge in [-0.2, -0.15) is 8.78 Å². The predicted octanol–water partition coefficient (Wildman–Crippen LogP) is 0.457. The van der Waals surface area contributed by atoms with Gasteiger partial charge in [0, 0.05) is 0 Å². The van der Waals surface area contributed by atoms with Gasteiger partial charge in [-0.3, -0.25) is 0 Å². The van der Waals surface area contributed by atoms with Gasteiger partial charge in [-0.15, -0.1) is 0 Å². The molecule has 0 saturated carbocycles. The largest absolute Gasteiger partial charge is 0.477 e. The second kappa shape index (κ2) is 5.87. The van der Waals surface area contributed by atoms with E-state index in [2.05, 4.69) is 5.32 Å². The van der Waals surface area contributed by atoms with Crippen LogP contribution in [0.1, 0.15) is 19.8 Å². The lowest BCUT2D eigenvalue weighted by molar-refractivity contribution is -0.164. The zero-order valence-electron chi connectivity index (χ0n) is 7.96. The number of rotatable bonds is 7. The number of carbonyl (C=O) groups is 1. The number of carboxylic acid groups (broad SMARTS) is 1. The topological polar surface area (TPSA) is 69.6 Å². The first-order valence-corrected chi connectivity index (χ1v) is 4.40. The zero-order valence-corrected chi connectivity index (χ0v) is 7.96. The zero-order chi connectivity index (χ0) is 11.2. The maximum atomic E-state index is 12.4. The van der Waals surface area contributed by atoms with E-state index in [1.54, 1.807) is 6.92 Å². The summed E-state index contributed by atoms with van der Waals surface area (Å²) < 4.78 is 24.9. The number of carboxylic acids is 1. The van der Waals surface area contributed by atoms with Crippen LogP contribution >= 0.6 is 0 Å². The molecule has 0 aromatic carbocycles. The number of hydrogen-bond donors (Lipinski definition) is 3. The molecule has 0 aliphatic rings. The van der Waals surface area contributed by atoms with Crippen LogP contribution in [0.15, 0.2) is 0 Å². The summed E-state index contributed by atoms with van der Waals surface area (Å²) in [6.07, 6.45) is 0.365. The highest BCUT2D eigenvalue weighted by molar-refractivity contribution is 5.75. The van der Waals surface area contributed by atoms with E-state index in [1.807, 2.05) is 0 Å². The average Bonchev–Trinajstić information content (AvgIpc) is 2.11. The number of aliphatic hydroxyl groups excluding tert-OH is 1. The van der Waals surface area contributed by atoms with Crippen LogP contribution in [0.3, 0.4) is 0 Å². The first-order valence-electron chi connectivity index (χ1n) is 4.40. The highest BCUT2D eigenvalue weighted by Crippen LogP contribution is 2.11. The summed E-state index contributed by atoms with van der Waals surface area (Å²) in [4.78, 5) is 9.97. The molecule has 0 aromatic rings. The third-order valence-corrected chi connectivity index (χ3v) is 1.79. The number of halogens is 2. The second-order valence-electron chi connectivity index (χ2n) is 3.04. The Morgan fingerprint density at radius 1 is 1.57 bits per heavy atom. The van der Waals surface area contributed by atoms with E-state index < -0.39 is 24.5 Å². The van der Waals surface area contributed by atoms with Gasteiger partial charge in [-0.05, 0) is 19.4 Å². The second-order valence-corrected chi connectivity index (χ2v) is 3.04. The first kappa shape index (κ1) is 13.2. The molecule has 0 aliphatic heterocycles. The summed E-state index contributed by atoms with van der Waals surface area (Å²) in [6, 6.07) is 0. The molecule has 0 saturated heterocycles. The molecule has 0 aromatic heterocycles. The van der Waals surface area contributed by atoms with Crippen LogP contribution in [0.5, 0.6) is 0 Å². The van der Waals surface area contributed by atoms with E-state index in [0.717, 1.165) is 0 Å². The predicted molar refractivity (Wildman–Crippen MR) is 46.4 cm³/mol. The number of aliphatic hydroxyl groups is 1. The maximum absolute atomic E-state index is 12.4. The van der Waals surface area contributed by atoms with Crippen molar-refractivity contribution in [2.24, 2.45) is 0 Å². The molecule has 0 heterocycles. The molecule has 0 amide bonds. The molecule has 4 nitrogen and oxygen atoms in total. The molecular formula is C8H15F2NO3. The third kappa shape index (κ3) is 5.08. The van der Waals surface area contributed by atoms with E-state index in [0.29, 0.717) is 12.8 Å². The van der Waals surface area contributed by atoms with Gasteiger partial charge >= 0.3 is 11.9 Å². The van der Waals surface area contributed by atoms with Crippen molar-refractivity contribution >= 4 is 5.97 Å². The van der Waals surface area contributed by atoms with Crippen molar-refractivity contribution in [3.05, 3.63) is 0 Å². The van der Waals surface area contributed by atoms with Crippen molar-refractivity contribution in [1.82, 2.24) is 5.32 Å². The van der Waals surface area contributed by atoms with Crippen LogP contribution in [0, 0.1) is 0 Å². The molecule has 1 unspecified atom stereocenters. The fraction of sp³-hybridized carbons (Fsp3) is 0.875. The van der Waals surface area contributed by atoms with E-state index in [-0.39, 0.29) is 6.54 Å². The molecule has 6 heteroatoms. The van der Waals surface area contributed by atoms with Crippen molar-refractivity contribution in [2.45, 2.75) is 31.8 Å². The Balaban J connectivity index is 3.59. The minimum atomic E-state index is -3.74. The molecule has 0 bridgehead atoms. The van der Waals surface area contributed by atoms with Gasteiger partial charge < -0.3 is 15.5 Å². The van der Waals surface area contributed by atoms with E-state index >= 15 is 0 Å². The normalized spacial score (nSPS) is 14.0. The Morgan fingerprint density at radius 2 is 2.14 bits per heavy atom. The number of aliphatic carboxylic acids is 1. The molecule has 0 radical (unpaired) electrons. The molecule has 1 atom stereocenters. The van der Waals surface area contributed by atoms with Crippen molar-refractivity contribution < 1.29 is 23.8 Å². The number of nitrogens with one attached hydrogen (secondary N) is 1. The third-order valence-electron chi connectivity index (χ3n) is 1.79. The fourth-order valence-corrected chi connectivity index (χ4v) is 0.794. The minimum Gasteiger partial charge on any atom is -0.477 e. The van der Waals surface area contributed by atoms with Gasteiger partial charge in [0.25, 0.3) is 0 Å². The molecule has 14 heavy (non-hydrogen) atoms. The smallest absolute Gasteiger partial charge is 0.375 e. The molecule has 0 fully saturated rings. The summed E-state index contributed by atoms with van der Waals surface area (Å²) in [5, 5.41) is 19.4. The monoisotopic (exact) mass is 211 g/mol. The van der Waals surface area contributed by atoms with Crippen LogP contribution in [-0.2, 0) is 4.79 Å². The SMILES string of the molecule is CCC(O)CCNCC(F)(F)C(=O)O. The summed E-state index contributed by atoms with van der Waals surface area (Å²) >= 11 is 0. The van der Waals surface area contributed by atoms with Gasteiger partial charge in [0.05, 0.1) is 12.6 Å². The fourth-order valence-electron chi connectivity index (χ4n) is 0.794. The van der Waals surface area contributed by atoms with Crippen molar-refractivity contribution in [2.75, 3.05) is 13.1 Å². The van der Waals surface area contributed by atoms with Gasteiger partial charge in [0.2, 0.25) is 0 Å². The highest BCUT2D eigenvalue weighted by atomic mass is 19.3.